The van der Waals surface area contributed by atoms with Gasteiger partial charge >= 0.3 is 5.69 Å². The zero-order valence-electron chi connectivity index (χ0n) is 15.1. The summed E-state index contributed by atoms with van der Waals surface area (Å²) in [6, 6.07) is 9.72. The fraction of sp³-hybridized carbons (Fsp3) is 0.190. The summed E-state index contributed by atoms with van der Waals surface area (Å²) in [6.45, 7) is 0. The van der Waals surface area contributed by atoms with Gasteiger partial charge in [0.15, 0.2) is 5.78 Å². The second-order valence-corrected chi connectivity index (χ2v) is 8.22. The van der Waals surface area contributed by atoms with E-state index < -0.39 is 23.0 Å². The highest BCUT2D eigenvalue weighted by molar-refractivity contribution is 7.10. The molecule has 3 heterocycles. The second kappa shape index (κ2) is 6.66. The molecular formula is C21H16FN3O3S. The van der Waals surface area contributed by atoms with Gasteiger partial charge in [-0.25, -0.2) is 9.18 Å². The largest absolute Gasteiger partial charge is 0.344 e. The van der Waals surface area contributed by atoms with Gasteiger partial charge in [0.1, 0.15) is 11.6 Å². The fourth-order valence-electron chi connectivity index (χ4n) is 4.26. The van der Waals surface area contributed by atoms with Crippen LogP contribution in [0.15, 0.2) is 62.6 Å². The topological polar surface area (TPSA) is 94.8 Å². The lowest BCUT2D eigenvalue weighted by Gasteiger charge is -2.35. The Morgan fingerprint density at radius 3 is 2.52 bits per heavy atom. The van der Waals surface area contributed by atoms with E-state index in [0.717, 1.165) is 4.88 Å². The van der Waals surface area contributed by atoms with E-state index in [2.05, 4.69) is 15.3 Å². The first kappa shape index (κ1) is 17.8. The Labute approximate surface area is 168 Å². The van der Waals surface area contributed by atoms with Crippen molar-refractivity contribution in [1.29, 1.82) is 0 Å². The molecule has 1 aliphatic carbocycles. The van der Waals surface area contributed by atoms with Crippen molar-refractivity contribution in [2.45, 2.75) is 24.7 Å². The fourth-order valence-corrected chi connectivity index (χ4v) is 5.09. The third-order valence-electron chi connectivity index (χ3n) is 5.49. The summed E-state index contributed by atoms with van der Waals surface area (Å²) in [7, 11) is 0. The van der Waals surface area contributed by atoms with Gasteiger partial charge in [-0.2, -0.15) is 0 Å². The number of thiophene rings is 1. The molecule has 29 heavy (non-hydrogen) atoms. The number of hydrogen-bond acceptors (Lipinski definition) is 5. The zero-order chi connectivity index (χ0) is 20.1. The molecule has 5 rings (SSSR count). The van der Waals surface area contributed by atoms with Gasteiger partial charge in [-0.05, 0) is 35.6 Å². The number of carbonyl (C=O) groups excluding carboxylic acids is 1. The molecule has 3 N–H and O–H groups in total. The molecule has 0 saturated heterocycles. The van der Waals surface area contributed by atoms with E-state index in [1.807, 2.05) is 17.5 Å². The molecule has 2 atom stereocenters. The van der Waals surface area contributed by atoms with E-state index in [-0.39, 0.29) is 23.1 Å². The Balaban J connectivity index is 1.70. The lowest BCUT2D eigenvalue weighted by molar-refractivity contribution is -0.116. The lowest BCUT2D eigenvalue weighted by atomic mass is 9.74. The van der Waals surface area contributed by atoms with Crippen LogP contribution in [0.4, 0.5) is 10.2 Å². The smallest absolute Gasteiger partial charge is 0.327 e. The molecule has 1 aromatic carbocycles. The van der Waals surface area contributed by atoms with Crippen molar-refractivity contribution in [3.63, 3.8) is 0 Å². The average molecular weight is 409 g/mol. The Morgan fingerprint density at radius 1 is 1.00 bits per heavy atom. The summed E-state index contributed by atoms with van der Waals surface area (Å²) in [5.74, 6) is -0.800. The zero-order valence-corrected chi connectivity index (χ0v) is 15.9. The molecule has 0 bridgehead atoms. The number of anilines is 1. The number of benzene rings is 1. The Hall–Kier alpha value is -3.26. The molecule has 2 aliphatic rings. The van der Waals surface area contributed by atoms with Crippen molar-refractivity contribution in [3.8, 4) is 0 Å². The van der Waals surface area contributed by atoms with Gasteiger partial charge in [0.2, 0.25) is 0 Å². The van der Waals surface area contributed by atoms with E-state index in [9.17, 15) is 18.8 Å². The van der Waals surface area contributed by atoms with Crippen LogP contribution >= 0.6 is 11.3 Å². The van der Waals surface area contributed by atoms with Crippen molar-refractivity contribution in [3.05, 3.63) is 95.7 Å². The second-order valence-electron chi connectivity index (χ2n) is 7.24. The van der Waals surface area contributed by atoms with Crippen LogP contribution in [0.2, 0.25) is 0 Å². The van der Waals surface area contributed by atoms with Crippen LogP contribution in [0.3, 0.4) is 0 Å². The number of carbonyl (C=O) groups is 1. The molecule has 3 aromatic rings. The Kier molecular flexibility index (Phi) is 4.09. The third kappa shape index (κ3) is 2.96. The maximum Gasteiger partial charge on any atom is 0.327 e. The number of hydrogen-bond donors (Lipinski definition) is 3. The third-order valence-corrected chi connectivity index (χ3v) is 6.52. The summed E-state index contributed by atoms with van der Waals surface area (Å²) in [5, 5.41) is 5.11. The number of nitrogens with one attached hydrogen (secondary N) is 3. The standard InChI is InChI=1S/C21H16FN3O3S/c22-12-5-3-10(4-6-12)16-17-13(23-19-18(16)20(27)25-21(28)24-19)8-11(9-14(17)26)15-2-1-7-29-15/h1-7,11,16H,8-9H2,(H3,23,24,25,27,28). The first-order valence-electron chi connectivity index (χ1n) is 9.20. The van der Waals surface area contributed by atoms with Crippen molar-refractivity contribution in [2.75, 3.05) is 5.32 Å². The minimum Gasteiger partial charge on any atom is -0.344 e. The number of rotatable bonds is 2. The van der Waals surface area contributed by atoms with E-state index in [4.69, 9.17) is 0 Å². The summed E-state index contributed by atoms with van der Waals surface area (Å²) >= 11 is 1.60. The van der Waals surface area contributed by atoms with E-state index in [1.54, 1.807) is 23.5 Å². The summed E-state index contributed by atoms with van der Waals surface area (Å²) in [4.78, 5) is 43.7. The molecular weight excluding hydrogens is 393 g/mol. The maximum atomic E-state index is 13.5. The molecule has 0 fully saturated rings. The van der Waals surface area contributed by atoms with Gasteiger partial charge < -0.3 is 5.32 Å². The number of aromatic amines is 2. The van der Waals surface area contributed by atoms with Crippen molar-refractivity contribution < 1.29 is 9.18 Å². The molecule has 6 nitrogen and oxygen atoms in total. The highest BCUT2D eigenvalue weighted by Crippen LogP contribution is 2.46. The maximum absolute atomic E-state index is 13.5. The number of fused-ring (bicyclic) bond motifs is 1. The average Bonchev–Trinajstić information content (AvgIpc) is 3.21. The molecule has 146 valence electrons. The number of H-pyrrole nitrogens is 2. The number of ketones is 1. The summed E-state index contributed by atoms with van der Waals surface area (Å²) < 4.78 is 13.5. The van der Waals surface area contributed by atoms with Gasteiger partial charge in [-0.3, -0.25) is 19.6 Å². The number of Topliss-reactive ketones (excluding diaryl/α,β-unsaturated/α-hetero) is 1. The first-order chi connectivity index (χ1) is 14.0. The van der Waals surface area contributed by atoms with Gasteiger partial charge in [0.05, 0.1) is 5.56 Å². The first-order valence-corrected chi connectivity index (χ1v) is 10.1. The van der Waals surface area contributed by atoms with Gasteiger partial charge in [-0.15, -0.1) is 11.3 Å². The minimum atomic E-state index is -0.667. The minimum absolute atomic E-state index is 0.0397. The molecule has 8 heteroatoms. The SMILES string of the molecule is O=C1CC(c2cccs2)CC2=C1C(c1ccc(F)cc1)c1c([nH]c(=O)[nH]c1=O)N2. The predicted octanol–water partition coefficient (Wildman–Crippen LogP) is 3.22. The van der Waals surface area contributed by atoms with E-state index in [0.29, 0.717) is 29.7 Å². The molecule has 0 radical (unpaired) electrons. The van der Waals surface area contributed by atoms with Gasteiger partial charge in [-0.1, -0.05) is 18.2 Å². The van der Waals surface area contributed by atoms with Gasteiger partial charge in [0, 0.05) is 34.4 Å². The van der Waals surface area contributed by atoms with Crippen LogP contribution in [0.1, 0.15) is 40.7 Å². The van der Waals surface area contributed by atoms with Crippen LogP contribution in [0, 0.1) is 5.82 Å². The number of halogens is 1. The lowest BCUT2D eigenvalue weighted by Crippen LogP contribution is -2.37. The van der Waals surface area contributed by atoms with E-state index >= 15 is 0 Å². The number of aromatic nitrogens is 2. The molecule has 0 spiro atoms. The Morgan fingerprint density at radius 2 is 1.79 bits per heavy atom. The van der Waals surface area contributed by atoms with Crippen LogP contribution < -0.4 is 16.6 Å². The van der Waals surface area contributed by atoms with Crippen LogP contribution in [0.25, 0.3) is 0 Å². The van der Waals surface area contributed by atoms with Crippen LogP contribution in [-0.4, -0.2) is 15.8 Å². The Bertz CT molecular complexity index is 1260. The van der Waals surface area contributed by atoms with Crippen LogP contribution in [-0.2, 0) is 4.79 Å². The summed E-state index contributed by atoms with van der Waals surface area (Å²) in [6.07, 6.45) is 0.933. The molecule has 0 amide bonds. The molecule has 1 aliphatic heterocycles. The highest BCUT2D eigenvalue weighted by Gasteiger charge is 2.40. The van der Waals surface area contributed by atoms with Crippen molar-refractivity contribution in [2.24, 2.45) is 0 Å². The molecule has 2 unspecified atom stereocenters. The van der Waals surface area contributed by atoms with Gasteiger partial charge in [0.25, 0.3) is 5.56 Å². The van der Waals surface area contributed by atoms with E-state index in [1.165, 1.54) is 12.1 Å². The monoisotopic (exact) mass is 409 g/mol. The highest BCUT2D eigenvalue weighted by atomic mass is 32.1. The van der Waals surface area contributed by atoms with Crippen LogP contribution in [0.5, 0.6) is 0 Å². The molecule has 0 saturated carbocycles. The van der Waals surface area contributed by atoms with Crippen molar-refractivity contribution >= 4 is 22.9 Å². The predicted molar refractivity (Wildman–Crippen MR) is 108 cm³/mol. The summed E-state index contributed by atoms with van der Waals surface area (Å²) in [5.41, 5.74) is 0.905. The molecule has 2 aromatic heterocycles. The van der Waals surface area contributed by atoms with Crippen molar-refractivity contribution in [1.82, 2.24) is 9.97 Å². The number of allylic oxidation sites excluding steroid dienone is 2. The normalized spacial score (nSPS) is 20.8. The quantitative estimate of drug-likeness (QED) is 0.606.